The van der Waals surface area contributed by atoms with Crippen LogP contribution in [0.1, 0.15) is 52.9 Å². The van der Waals surface area contributed by atoms with E-state index in [0.717, 1.165) is 25.7 Å². The number of carbonyl (C=O) groups excluding carboxylic acids is 1. The van der Waals surface area contributed by atoms with E-state index in [2.05, 4.69) is 18.0 Å². The van der Waals surface area contributed by atoms with Crippen molar-refractivity contribution in [3.63, 3.8) is 0 Å². The summed E-state index contributed by atoms with van der Waals surface area (Å²) < 4.78 is 20.5. The van der Waals surface area contributed by atoms with Gasteiger partial charge in [0.25, 0.3) is 0 Å². The molecule has 0 heterocycles. The van der Waals surface area contributed by atoms with E-state index in [4.69, 9.17) is 14.5 Å². The standard InChI is InChI=1S/C14H27O6P/c1-5-7-8-12(6-2)9-13(10-19-21(16,17)18)20-14(15)11(3)4/h12-13H,3,5-10H2,1-2,4H3,(H2,16,17,18). The van der Waals surface area contributed by atoms with Crippen molar-refractivity contribution >= 4 is 13.8 Å². The molecule has 0 aliphatic carbocycles. The number of hydrogen-bond donors (Lipinski definition) is 2. The number of rotatable bonds is 11. The molecular formula is C14H27O6P. The number of esters is 1. The number of hydrogen-bond acceptors (Lipinski definition) is 4. The van der Waals surface area contributed by atoms with Gasteiger partial charge in [0.15, 0.2) is 0 Å². The van der Waals surface area contributed by atoms with Crippen LogP contribution in [0.3, 0.4) is 0 Å². The van der Waals surface area contributed by atoms with Gasteiger partial charge in [-0.1, -0.05) is 46.1 Å². The van der Waals surface area contributed by atoms with Gasteiger partial charge in [0.2, 0.25) is 0 Å². The summed E-state index contributed by atoms with van der Waals surface area (Å²) >= 11 is 0. The SMILES string of the molecule is C=C(C)C(=O)OC(COP(=O)(O)O)CC(CC)CCCC. The van der Waals surface area contributed by atoms with Crippen LogP contribution in [0.25, 0.3) is 0 Å². The van der Waals surface area contributed by atoms with Gasteiger partial charge in [0.1, 0.15) is 6.10 Å². The van der Waals surface area contributed by atoms with Crippen molar-refractivity contribution in [1.29, 1.82) is 0 Å². The third-order valence-electron chi connectivity index (χ3n) is 3.19. The highest BCUT2D eigenvalue weighted by molar-refractivity contribution is 7.46. The molecule has 0 aliphatic heterocycles. The Balaban J connectivity index is 4.64. The minimum atomic E-state index is -4.57. The van der Waals surface area contributed by atoms with Gasteiger partial charge in [-0.25, -0.2) is 9.36 Å². The number of phosphoric ester groups is 1. The first kappa shape index (κ1) is 20.3. The molecule has 0 aliphatic rings. The van der Waals surface area contributed by atoms with E-state index in [1.807, 2.05) is 6.92 Å². The molecule has 0 fully saturated rings. The Morgan fingerprint density at radius 3 is 2.38 bits per heavy atom. The largest absolute Gasteiger partial charge is 0.469 e. The Kier molecular flexibility index (Phi) is 9.79. The van der Waals surface area contributed by atoms with Crippen molar-refractivity contribution in [2.45, 2.75) is 59.0 Å². The van der Waals surface area contributed by atoms with Crippen molar-refractivity contribution < 1.29 is 28.4 Å². The first-order valence-corrected chi connectivity index (χ1v) is 8.79. The number of unbranched alkanes of at least 4 members (excludes halogenated alkanes) is 1. The van der Waals surface area contributed by atoms with E-state index in [1.54, 1.807) is 0 Å². The first-order chi connectivity index (χ1) is 9.69. The van der Waals surface area contributed by atoms with Crippen molar-refractivity contribution in [2.24, 2.45) is 5.92 Å². The Morgan fingerprint density at radius 1 is 1.33 bits per heavy atom. The van der Waals surface area contributed by atoms with Crippen LogP contribution in [0.15, 0.2) is 12.2 Å². The van der Waals surface area contributed by atoms with E-state index >= 15 is 0 Å². The number of carbonyl (C=O) groups is 1. The van der Waals surface area contributed by atoms with Crippen LogP contribution >= 0.6 is 7.82 Å². The van der Waals surface area contributed by atoms with Gasteiger partial charge in [-0.3, -0.25) is 4.52 Å². The molecular weight excluding hydrogens is 295 g/mol. The number of ether oxygens (including phenoxy) is 1. The lowest BCUT2D eigenvalue weighted by Gasteiger charge is -2.23. The fraction of sp³-hybridized carbons (Fsp3) is 0.786. The van der Waals surface area contributed by atoms with Crippen LogP contribution in [0.2, 0.25) is 0 Å². The summed E-state index contributed by atoms with van der Waals surface area (Å²) in [4.78, 5) is 29.1. The molecule has 6 nitrogen and oxygen atoms in total. The fourth-order valence-corrected chi connectivity index (χ4v) is 2.30. The maximum atomic E-state index is 11.6. The highest BCUT2D eigenvalue weighted by Gasteiger charge is 2.24. The van der Waals surface area contributed by atoms with Gasteiger partial charge in [0, 0.05) is 5.57 Å². The number of phosphoric acid groups is 1. The lowest BCUT2D eigenvalue weighted by molar-refractivity contribution is -0.147. The monoisotopic (exact) mass is 322 g/mol. The summed E-state index contributed by atoms with van der Waals surface area (Å²) in [5.74, 6) is -0.243. The van der Waals surface area contributed by atoms with E-state index in [1.165, 1.54) is 6.92 Å². The predicted molar refractivity (Wildman–Crippen MR) is 80.6 cm³/mol. The second kappa shape index (κ2) is 10.1. The van der Waals surface area contributed by atoms with Crippen LogP contribution in [0.4, 0.5) is 0 Å². The molecule has 2 unspecified atom stereocenters. The van der Waals surface area contributed by atoms with Gasteiger partial charge in [0.05, 0.1) is 6.61 Å². The first-order valence-electron chi connectivity index (χ1n) is 7.26. The highest BCUT2D eigenvalue weighted by atomic mass is 31.2. The Labute approximate surface area is 126 Å². The third-order valence-corrected chi connectivity index (χ3v) is 3.68. The normalized spacial score (nSPS) is 14.5. The fourth-order valence-electron chi connectivity index (χ4n) is 1.94. The third kappa shape index (κ3) is 10.7. The molecule has 0 aromatic carbocycles. The molecule has 0 aromatic rings. The molecule has 2 atom stereocenters. The summed E-state index contributed by atoms with van der Waals surface area (Å²) in [5, 5.41) is 0. The second-order valence-corrected chi connectivity index (χ2v) is 6.49. The minimum Gasteiger partial charge on any atom is -0.457 e. The molecule has 0 saturated heterocycles. The molecule has 124 valence electrons. The molecule has 2 N–H and O–H groups in total. The Hall–Kier alpha value is -0.680. The van der Waals surface area contributed by atoms with E-state index < -0.39 is 19.9 Å². The Bertz CT molecular complexity index is 376. The summed E-state index contributed by atoms with van der Waals surface area (Å²) in [6, 6.07) is 0. The summed E-state index contributed by atoms with van der Waals surface area (Å²) in [6.45, 7) is 8.85. The topological polar surface area (TPSA) is 93.1 Å². The molecule has 7 heteroatoms. The maximum Gasteiger partial charge on any atom is 0.469 e. The van der Waals surface area contributed by atoms with Gasteiger partial charge in [-0.15, -0.1) is 0 Å². The van der Waals surface area contributed by atoms with E-state index in [0.29, 0.717) is 12.3 Å². The van der Waals surface area contributed by atoms with Crippen molar-refractivity contribution in [1.82, 2.24) is 0 Å². The molecule has 0 saturated carbocycles. The smallest absolute Gasteiger partial charge is 0.457 e. The van der Waals surface area contributed by atoms with Crippen LogP contribution in [0.5, 0.6) is 0 Å². The zero-order valence-corrected chi connectivity index (χ0v) is 14.0. The molecule has 0 bridgehead atoms. The lowest BCUT2D eigenvalue weighted by atomic mass is 9.93. The van der Waals surface area contributed by atoms with Crippen LogP contribution in [-0.2, 0) is 18.6 Å². The Morgan fingerprint density at radius 2 is 1.95 bits per heavy atom. The van der Waals surface area contributed by atoms with Gasteiger partial charge in [-0.05, 0) is 19.3 Å². The molecule has 0 rings (SSSR count). The highest BCUT2D eigenvalue weighted by Crippen LogP contribution is 2.36. The lowest BCUT2D eigenvalue weighted by Crippen LogP contribution is -2.26. The van der Waals surface area contributed by atoms with Crippen LogP contribution in [0, 0.1) is 5.92 Å². The quantitative estimate of drug-likeness (QED) is 0.345. The summed E-state index contributed by atoms with van der Waals surface area (Å²) in [6.07, 6.45) is 3.89. The van der Waals surface area contributed by atoms with Crippen molar-refractivity contribution in [2.75, 3.05) is 6.61 Å². The van der Waals surface area contributed by atoms with Crippen molar-refractivity contribution in [3.8, 4) is 0 Å². The zero-order chi connectivity index (χ0) is 16.5. The van der Waals surface area contributed by atoms with Gasteiger partial charge in [-0.2, -0.15) is 0 Å². The van der Waals surface area contributed by atoms with E-state index in [9.17, 15) is 9.36 Å². The van der Waals surface area contributed by atoms with Crippen LogP contribution < -0.4 is 0 Å². The van der Waals surface area contributed by atoms with Crippen LogP contribution in [-0.4, -0.2) is 28.5 Å². The van der Waals surface area contributed by atoms with Crippen molar-refractivity contribution in [3.05, 3.63) is 12.2 Å². The average molecular weight is 322 g/mol. The van der Waals surface area contributed by atoms with Gasteiger partial charge >= 0.3 is 13.8 Å². The maximum absolute atomic E-state index is 11.6. The zero-order valence-electron chi connectivity index (χ0n) is 13.1. The predicted octanol–water partition coefficient (Wildman–Crippen LogP) is 3.19. The second-order valence-electron chi connectivity index (χ2n) is 5.25. The van der Waals surface area contributed by atoms with E-state index in [-0.39, 0.29) is 12.2 Å². The summed E-state index contributed by atoms with van der Waals surface area (Å²) in [5.41, 5.74) is 0.248. The molecule has 0 radical (unpaired) electrons. The molecule has 21 heavy (non-hydrogen) atoms. The summed E-state index contributed by atoms with van der Waals surface area (Å²) in [7, 11) is -4.57. The molecule has 0 aromatic heterocycles. The molecule has 0 spiro atoms. The molecule has 0 amide bonds. The van der Waals surface area contributed by atoms with Gasteiger partial charge < -0.3 is 14.5 Å². The minimum absolute atomic E-state index is 0.248. The average Bonchev–Trinajstić information content (AvgIpc) is 2.39.